The lowest BCUT2D eigenvalue weighted by Gasteiger charge is -2.31. The number of amides is 3. The van der Waals surface area contributed by atoms with Gasteiger partial charge in [0, 0.05) is 0 Å². The molecule has 7 unspecified atom stereocenters. The summed E-state index contributed by atoms with van der Waals surface area (Å²) in [6.45, 7) is 2.73. The van der Waals surface area contributed by atoms with Crippen LogP contribution in [-0.2, 0) is 19.2 Å². The molecule has 0 aliphatic carbocycles. The second kappa shape index (κ2) is 16.5. The highest BCUT2D eigenvalue weighted by molar-refractivity contribution is 5.90. The molecule has 7 atom stereocenters. The summed E-state index contributed by atoms with van der Waals surface area (Å²) in [5.41, 5.74) is 6.99. The number of carboxylic acid groups (broad SMARTS) is 1. The van der Waals surface area contributed by atoms with Gasteiger partial charge in [0.1, 0.15) is 24.3 Å². The molecular formula is C29H40N4O9. The first-order valence-corrected chi connectivity index (χ1v) is 13.5. The average Bonchev–Trinajstić information content (AvgIpc) is 2.97. The predicted molar refractivity (Wildman–Crippen MR) is 151 cm³/mol. The maximum atomic E-state index is 13.1. The SMILES string of the molecule is CC(C)CC(NC(=O)C(N)c1ccccc1)C(=O)NC(CO)C(O)C(O)C(O)C(=O)NC(CC(=O)O)c1ccccc1. The van der Waals surface area contributed by atoms with Crippen LogP contribution in [0, 0.1) is 5.92 Å². The van der Waals surface area contributed by atoms with Gasteiger partial charge in [-0.3, -0.25) is 19.2 Å². The van der Waals surface area contributed by atoms with Gasteiger partial charge in [0.25, 0.3) is 5.91 Å². The van der Waals surface area contributed by atoms with Crippen LogP contribution >= 0.6 is 0 Å². The van der Waals surface area contributed by atoms with Crippen molar-refractivity contribution in [3.8, 4) is 0 Å². The molecule has 2 rings (SSSR count). The fourth-order valence-corrected chi connectivity index (χ4v) is 4.25. The predicted octanol–water partition coefficient (Wildman–Crippen LogP) is -0.891. The lowest BCUT2D eigenvalue weighted by Crippen LogP contribution is -2.59. The van der Waals surface area contributed by atoms with Crippen LogP contribution in [0.25, 0.3) is 0 Å². The molecular weight excluding hydrogens is 548 g/mol. The zero-order chi connectivity index (χ0) is 31.4. The van der Waals surface area contributed by atoms with E-state index in [9.17, 15) is 44.7 Å². The molecule has 0 aliphatic rings. The molecule has 3 amide bonds. The summed E-state index contributed by atoms with van der Waals surface area (Å²) >= 11 is 0. The Bertz CT molecular complexity index is 1170. The third-order valence-corrected chi connectivity index (χ3v) is 6.56. The van der Waals surface area contributed by atoms with E-state index in [0.717, 1.165) is 0 Å². The van der Waals surface area contributed by atoms with E-state index in [-0.39, 0.29) is 12.3 Å². The van der Waals surface area contributed by atoms with Crippen molar-refractivity contribution >= 4 is 23.7 Å². The summed E-state index contributed by atoms with van der Waals surface area (Å²) < 4.78 is 0. The number of rotatable bonds is 16. The molecule has 13 heteroatoms. The van der Waals surface area contributed by atoms with E-state index in [4.69, 9.17) is 5.73 Å². The van der Waals surface area contributed by atoms with Crippen LogP contribution < -0.4 is 21.7 Å². The van der Waals surface area contributed by atoms with Crippen LogP contribution in [0.5, 0.6) is 0 Å². The number of nitrogens with one attached hydrogen (secondary N) is 3. The van der Waals surface area contributed by atoms with E-state index in [1.165, 1.54) is 0 Å². The van der Waals surface area contributed by atoms with Crippen molar-refractivity contribution in [1.82, 2.24) is 16.0 Å². The second-order valence-corrected chi connectivity index (χ2v) is 10.4. The van der Waals surface area contributed by atoms with Gasteiger partial charge in [-0.1, -0.05) is 74.5 Å². The highest BCUT2D eigenvalue weighted by Crippen LogP contribution is 2.18. The molecule has 0 saturated heterocycles. The summed E-state index contributed by atoms with van der Waals surface area (Å²) in [5.74, 6) is -3.91. The maximum absolute atomic E-state index is 13.1. The van der Waals surface area contributed by atoms with E-state index in [2.05, 4.69) is 16.0 Å². The molecule has 0 aliphatic heterocycles. The summed E-state index contributed by atoms with van der Waals surface area (Å²) in [5, 5.41) is 58.0. The zero-order valence-electron chi connectivity index (χ0n) is 23.5. The fraction of sp³-hybridized carbons (Fsp3) is 0.448. The Balaban J connectivity index is 2.09. The number of benzene rings is 2. The van der Waals surface area contributed by atoms with Crippen molar-refractivity contribution in [2.45, 2.75) is 69.2 Å². The molecule has 230 valence electrons. The highest BCUT2D eigenvalue weighted by Gasteiger charge is 2.37. The van der Waals surface area contributed by atoms with Gasteiger partial charge in [-0.2, -0.15) is 0 Å². The molecule has 42 heavy (non-hydrogen) atoms. The third-order valence-electron chi connectivity index (χ3n) is 6.56. The minimum atomic E-state index is -2.25. The van der Waals surface area contributed by atoms with E-state index in [0.29, 0.717) is 11.1 Å². The minimum absolute atomic E-state index is 0.0639. The smallest absolute Gasteiger partial charge is 0.305 e. The Morgan fingerprint density at radius 2 is 1.31 bits per heavy atom. The molecule has 13 nitrogen and oxygen atoms in total. The number of aliphatic carboxylic acids is 1. The second-order valence-electron chi connectivity index (χ2n) is 10.4. The largest absolute Gasteiger partial charge is 0.481 e. The van der Waals surface area contributed by atoms with Crippen LogP contribution in [-0.4, -0.2) is 86.2 Å². The number of carboxylic acids is 1. The Labute approximate surface area is 243 Å². The van der Waals surface area contributed by atoms with Crippen LogP contribution in [0.3, 0.4) is 0 Å². The molecule has 0 radical (unpaired) electrons. The van der Waals surface area contributed by atoms with Crippen molar-refractivity contribution in [2.24, 2.45) is 11.7 Å². The first-order valence-electron chi connectivity index (χ1n) is 13.5. The number of hydrogen-bond donors (Lipinski definition) is 9. The Morgan fingerprint density at radius 1 is 0.762 bits per heavy atom. The first-order chi connectivity index (χ1) is 19.8. The van der Waals surface area contributed by atoms with Crippen molar-refractivity contribution in [3.05, 3.63) is 71.8 Å². The fourth-order valence-electron chi connectivity index (χ4n) is 4.25. The standard InChI is InChI=1S/C29H40N4O9/c1-16(2)13-20(32-28(41)23(30)18-11-7-4-8-12-18)27(40)33-21(15-34)24(37)25(38)26(39)29(42)31-19(14-22(35)36)17-9-5-3-6-10-17/h3-12,16,19-21,23-26,34,37-39H,13-15,30H2,1-2H3,(H,31,42)(H,32,41)(H,33,40)(H,35,36). The van der Waals surface area contributed by atoms with Crippen molar-refractivity contribution in [3.63, 3.8) is 0 Å². The Morgan fingerprint density at radius 3 is 1.81 bits per heavy atom. The summed E-state index contributed by atoms with van der Waals surface area (Å²) in [6.07, 6.45) is -6.82. The van der Waals surface area contributed by atoms with E-state index in [1.54, 1.807) is 60.7 Å². The Hall–Kier alpha value is -3.88. The normalized spacial score (nSPS) is 16.3. The molecule has 0 saturated carbocycles. The van der Waals surface area contributed by atoms with E-state index < -0.39 is 79.2 Å². The molecule has 0 aromatic heterocycles. The maximum Gasteiger partial charge on any atom is 0.305 e. The third kappa shape index (κ3) is 10.2. The number of carbonyl (C=O) groups is 4. The number of hydrogen-bond acceptors (Lipinski definition) is 9. The van der Waals surface area contributed by atoms with Crippen LogP contribution in [0.4, 0.5) is 0 Å². The number of nitrogens with two attached hydrogens (primary N) is 1. The van der Waals surface area contributed by atoms with Crippen molar-refractivity contribution in [2.75, 3.05) is 6.61 Å². The number of aliphatic hydroxyl groups is 4. The van der Waals surface area contributed by atoms with Gasteiger partial charge >= 0.3 is 5.97 Å². The lowest BCUT2D eigenvalue weighted by atomic mass is 9.98. The lowest BCUT2D eigenvalue weighted by molar-refractivity contribution is -0.145. The zero-order valence-corrected chi connectivity index (χ0v) is 23.5. The van der Waals surface area contributed by atoms with Crippen LogP contribution in [0.2, 0.25) is 0 Å². The van der Waals surface area contributed by atoms with E-state index >= 15 is 0 Å². The quantitative estimate of drug-likeness (QED) is 0.117. The number of carbonyl (C=O) groups excluding carboxylic acids is 3. The van der Waals surface area contributed by atoms with E-state index in [1.807, 2.05) is 13.8 Å². The molecule has 0 bridgehead atoms. The topological polar surface area (TPSA) is 232 Å². The van der Waals surface area contributed by atoms with Gasteiger partial charge in [-0.05, 0) is 23.5 Å². The van der Waals surface area contributed by atoms with Crippen molar-refractivity contribution < 1.29 is 44.7 Å². The van der Waals surface area contributed by atoms with Gasteiger partial charge in [0.2, 0.25) is 11.8 Å². The summed E-state index contributed by atoms with van der Waals surface area (Å²) in [7, 11) is 0. The molecule has 10 N–H and O–H groups in total. The van der Waals surface area contributed by atoms with Gasteiger partial charge in [0.05, 0.1) is 25.1 Å². The minimum Gasteiger partial charge on any atom is -0.481 e. The molecule has 2 aromatic carbocycles. The summed E-state index contributed by atoms with van der Waals surface area (Å²) in [6, 6.07) is 11.8. The van der Waals surface area contributed by atoms with Gasteiger partial charge in [-0.15, -0.1) is 0 Å². The van der Waals surface area contributed by atoms with Gasteiger partial charge in [0.15, 0.2) is 6.10 Å². The first kappa shape index (κ1) is 34.3. The monoisotopic (exact) mass is 588 g/mol. The molecule has 2 aromatic rings. The van der Waals surface area contributed by atoms with Gasteiger partial charge in [-0.25, -0.2) is 0 Å². The van der Waals surface area contributed by atoms with Crippen molar-refractivity contribution in [1.29, 1.82) is 0 Å². The molecule has 0 spiro atoms. The highest BCUT2D eigenvalue weighted by atomic mass is 16.4. The molecule has 0 fully saturated rings. The van der Waals surface area contributed by atoms with Gasteiger partial charge < -0.3 is 47.2 Å². The summed E-state index contributed by atoms with van der Waals surface area (Å²) in [4.78, 5) is 49.9. The average molecular weight is 589 g/mol. The Kier molecular flexibility index (Phi) is 13.5. The van der Waals surface area contributed by atoms with Crippen LogP contribution in [0.1, 0.15) is 49.9 Å². The number of aliphatic hydroxyl groups excluding tert-OH is 4. The molecule has 0 heterocycles. The van der Waals surface area contributed by atoms with Crippen LogP contribution in [0.15, 0.2) is 60.7 Å².